The van der Waals surface area contributed by atoms with Crippen LogP contribution in [0.3, 0.4) is 0 Å². The Hall–Kier alpha value is -1.00. The lowest BCUT2D eigenvalue weighted by Crippen LogP contribution is -2.18. The van der Waals surface area contributed by atoms with Gasteiger partial charge < -0.3 is 9.84 Å². The molecule has 2 rings (SSSR count). The average Bonchev–Trinajstić information content (AvgIpc) is 2.31. The molecule has 0 saturated carbocycles. The molecule has 1 aliphatic heterocycles. The van der Waals surface area contributed by atoms with Gasteiger partial charge in [0, 0.05) is 25.6 Å². The van der Waals surface area contributed by atoms with Gasteiger partial charge in [-0.2, -0.15) is 0 Å². The van der Waals surface area contributed by atoms with Crippen LogP contribution in [0.15, 0.2) is 12.4 Å². The normalized spacial score (nSPS) is 19.6. The summed E-state index contributed by atoms with van der Waals surface area (Å²) in [6.45, 7) is 3.56. The first-order valence-electron chi connectivity index (χ1n) is 5.80. The molecule has 1 fully saturated rings. The van der Waals surface area contributed by atoms with Crippen LogP contribution in [0.25, 0.3) is 0 Å². The monoisotopic (exact) mass is 222 g/mol. The molecule has 0 bridgehead atoms. The Balaban J connectivity index is 1.91. The van der Waals surface area contributed by atoms with Gasteiger partial charge in [-0.25, -0.2) is 9.97 Å². The van der Waals surface area contributed by atoms with E-state index >= 15 is 0 Å². The van der Waals surface area contributed by atoms with Crippen molar-refractivity contribution in [3.63, 3.8) is 0 Å². The van der Waals surface area contributed by atoms with E-state index in [1.807, 2.05) is 6.92 Å². The maximum atomic E-state index is 10.00. The summed E-state index contributed by atoms with van der Waals surface area (Å²) >= 11 is 0. The molecule has 0 amide bonds. The molecule has 1 aromatic rings. The standard InChI is InChI=1S/C12H18N2O2/c1-9-7-13-12(14-8-9)11(15)6-10-2-4-16-5-3-10/h7-8,10-11,15H,2-6H2,1H3. The first-order valence-corrected chi connectivity index (χ1v) is 5.80. The Morgan fingerprint density at radius 2 is 2.00 bits per heavy atom. The largest absolute Gasteiger partial charge is 0.385 e. The molecular weight excluding hydrogens is 204 g/mol. The highest BCUT2D eigenvalue weighted by atomic mass is 16.5. The zero-order chi connectivity index (χ0) is 11.4. The molecule has 16 heavy (non-hydrogen) atoms. The van der Waals surface area contributed by atoms with Gasteiger partial charge in [-0.1, -0.05) is 0 Å². The average molecular weight is 222 g/mol. The van der Waals surface area contributed by atoms with Crippen molar-refractivity contribution >= 4 is 0 Å². The van der Waals surface area contributed by atoms with E-state index in [0.717, 1.165) is 38.0 Å². The molecule has 1 aromatic heterocycles. The maximum Gasteiger partial charge on any atom is 0.156 e. The second-order valence-electron chi connectivity index (χ2n) is 4.43. The Morgan fingerprint density at radius 1 is 1.38 bits per heavy atom. The molecule has 1 N–H and O–H groups in total. The van der Waals surface area contributed by atoms with Crippen LogP contribution in [0.2, 0.25) is 0 Å². The summed E-state index contributed by atoms with van der Waals surface area (Å²) < 4.78 is 5.29. The molecular formula is C12H18N2O2. The van der Waals surface area contributed by atoms with Crippen molar-refractivity contribution in [3.05, 3.63) is 23.8 Å². The second kappa shape index (κ2) is 5.37. The number of nitrogens with zero attached hydrogens (tertiary/aromatic N) is 2. The minimum absolute atomic E-state index is 0.536. The third-order valence-electron chi connectivity index (χ3n) is 3.00. The minimum atomic E-state index is -0.538. The highest BCUT2D eigenvalue weighted by Crippen LogP contribution is 2.25. The maximum absolute atomic E-state index is 10.00. The molecule has 0 aromatic carbocycles. The molecule has 4 nitrogen and oxygen atoms in total. The van der Waals surface area contributed by atoms with Crippen molar-refractivity contribution in [1.29, 1.82) is 0 Å². The van der Waals surface area contributed by atoms with E-state index in [-0.39, 0.29) is 0 Å². The van der Waals surface area contributed by atoms with Crippen LogP contribution in [0.5, 0.6) is 0 Å². The van der Waals surface area contributed by atoms with Crippen LogP contribution in [-0.4, -0.2) is 28.3 Å². The number of aryl methyl sites for hydroxylation is 1. The summed E-state index contributed by atoms with van der Waals surface area (Å²) in [5.74, 6) is 1.07. The van der Waals surface area contributed by atoms with E-state index in [9.17, 15) is 5.11 Å². The third kappa shape index (κ3) is 3.00. The number of aromatic nitrogens is 2. The molecule has 1 saturated heterocycles. The second-order valence-corrected chi connectivity index (χ2v) is 4.43. The molecule has 0 radical (unpaired) electrons. The molecule has 1 unspecified atom stereocenters. The SMILES string of the molecule is Cc1cnc(C(O)CC2CCOCC2)nc1. The van der Waals surface area contributed by atoms with E-state index in [1.54, 1.807) is 12.4 Å². The van der Waals surface area contributed by atoms with Crippen LogP contribution >= 0.6 is 0 Å². The highest BCUT2D eigenvalue weighted by Gasteiger charge is 2.20. The first-order chi connectivity index (χ1) is 7.75. The molecule has 1 aliphatic rings. The third-order valence-corrected chi connectivity index (χ3v) is 3.00. The van der Waals surface area contributed by atoms with Gasteiger partial charge in [-0.05, 0) is 37.7 Å². The summed E-state index contributed by atoms with van der Waals surface area (Å²) in [5.41, 5.74) is 1.02. The Morgan fingerprint density at radius 3 is 2.62 bits per heavy atom. The van der Waals surface area contributed by atoms with E-state index in [4.69, 9.17) is 4.74 Å². The van der Waals surface area contributed by atoms with Crippen molar-refractivity contribution in [2.45, 2.75) is 32.3 Å². The van der Waals surface area contributed by atoms with E-state index in [2.05, 4.69) is 9.97 Å². The van der Waals surface area contributed by atoms with Crippen molar-refractivity contribution in [3.8, 4) is 0 Å². The Labute approximate surface area is 95.7 Å². The predicted octanol–water partition coefficient (Wildman–Crippen LogP) is 1.64. The predicted molar refractivity (Wildman–Crippen MR) is 59.9 cm³/mol. The van der Waals surface area contributed by atoms with E-state index < -0.39 is 6.10 Å². The van der Waals surface area contributed by atoms with E-state index in [0.29, 0.717) is 11.7 Å². The Kier molecular flexibility index (Phi) is 3.85. The zero-order valence-electron chi connectivity index (χ0n) is 9.59. The lowest BCUT2D eigenvalue weighted by atomic mass is 9.93. The number of ether oxygens (including phenoxy) is 1. The number of rotatable bonds is 3. The lowest BCUT2D eigenvalue weighted by molar-refractivity contribution is 0.0417. The summed E-state index contributed by atoms with van der Waals surface area (Å²) in [6, 6.07) is 0. The zero-order valence-corrected chi connectivity index (χ0v) is 9.59. The fourth-order valence-electron chi connectivity index (χ4n) is 1.98. The molecule has 0 spiro atoms. The topological polar surface area (TPSA) is 55.2 Å². The van der Waals surface area contributed by atoms with Gasteiger partial charge in [-0.3, -0.25) is 0 Å². The lowest BCUT2D eigenvalue weighted by Gasteiger charge is -2.23. The first kappa shape index (κ1) is 11.5. The van der Waals surface area contributed by atoms with Crippen LogP contribution in [0.1, 0.15) is 36.8 Å². The minimum Gasteiger partial charge on any atom is -0.385 e. The molecule has 88 valence electrons. The number of hydrogen-bond acceptors (Lipinski definition) is 4. The smallest absolute Gasteiger partial charge is 0.156 e. The summed E-state index contributed by atoms with van der Waals surface area (Å²) in [4.78, 5) is 8.30. The van der Waals surface area contributed by atoms with Crippen LogP contribution in [-0.2, 0) is 4.74 Å². The van der Waals surface area contributed by atoms with E-state index in [1.165, 1.54) is 0 Å². The van der Waals surface area contributed by atoms with Crippen molar-refractivity contribution in [2.24, 2.45) is 5.92 Å². The van der Waals surface area contributed by atoms with Gasteiger partial charge in [0.1, 0.15) is 6.10 Å². The number of aliphatic hydroxyl groups excluding tert-OH is 1. The fraction of sp³-hybridized carbons (Fsp3) is 0.667. The molecule has 1 atom stereocenters. The number of hydrogen-bond donors (Lipinski definition) is 1. The van der Waals surface area contributed by atoms with Gasteiger partial charge in [0.05, 0.1) is 0 Å². The van der Waals surface area contributed by atoms with Gasteiger partial charge in [0.25, 0.3) is 0 Å². The summed E-state index contributed by atoms with van der Waals surface area (Å²) in [6.07, 6.45) is 5.76. The molecule has 0 aliphatic carbocycles. The summed E-state index contributed by atoms with van der Waals surface area (Å²) in [5, 5.41) is 10.00. The number of aliphatic hydroxyl groups is 1. The van der Waals surface area contributed by atoms with Crippen LogP contribution in [0, 0.1) is 12.8 Å². The van der Waals surface area contributed by atoms with Gasteiger partial charge >= 0.3 is 0 Å². The van der Waals surface area contributed by atoms with Gasteiger partial charge in [0.2, 0.25) is 0 Å². The summed E-state index contributed by atoms with van der Waals surface area (Å²) in [7, 11) is 0. The van der Waals surface area contributed by atoms with Crippen molar-refractivity contribution in [2.75, 3.05) is 13.2 Å². The van der Waals surface area contributed by atoms with Crippen LogP contribution < -0.4 is 0 Å². The fourth-order valence-corrected chi connectivity index (χ4v) is 1.98. The van der Waals surface area contributed by atoms with Gasteiger partial charge in [-0.15, -0.1) is 0 Å². The van der Waals surface area contributed by atoms with Crippen molar-refractivity contribution in [1.82, 2.24) is 9.97 Å². The molecule has 4 heteroatoms. The quantitative estimate of drug-likeness (QED) is 0.844. The Bertz CT molecular complexity index is 320. The van der Waals surface area contributed by atoms with Gasteiger partial charge in [0.15, 0.2) is 5.82 Å². The van der Waals surface area contributed by atoms with Crippen LogP contribution in [0.4, 0.5) is 0 Å². The van der Waals surface area contributed by atoms with Crippen molar-refractivity contribution < 1.29 is 9.84 Å². The molecule has 2 heterocycles. The highest BCUT2D eigenvalue weighted by molar-refractivity contribution is 5.03.